The number of anilines is 1. The minimum absolute atomic E-state index is 0.0686. The minimum Gasteiger partial charge on any atom is -0.332 e. The van der Waals surface area contributed by atoms with E-state index in [0.29, 0.717) is 11.3 Å². The first-order valence-electron chi connectivity index (χ1n) is 8.55. The molecule has 0 fully saturated rings. The maximum absolute atomic E-state index is 12.8. The molecule has 0 unspecified atom stereocenters. The molecular formula is C19H20N6O2. The fraction of sp³-hybridized carbons (Fsp3) is 0.211. The number of hydrogen-bond donors (Lipinski definition) is 1. The number of nitrogens with one attached hydrogen (secondary N) is 1. The minimum atomic E-state index is -0.292. The number of hydrogen-bond acceptors (Lipinski definition) is 5. The molecule has 0 saturated heterocycles. The highest BCUT2D eigenvalue weighted by atomic mass is 16.2. The summed E-state index contributed by atoms with van der Waals surface area (Å²) in [6, 6.07) is 14.6. The van der Waals surface area contributed by atoms with E-state index in [-0.39, 0.29) is 18.4 Å². The summed E-state index contributed by atoms with van der Waals surface area (Å²) in [5.74, 6) is -0.549. The maximum Gasteiger partial charge on any atom is 0.256 e. The number of aromatic nitrogens is 4. The average molecular weight is 364 g/mol. The van der Waals surface area contributed by atoms with Crippen LogP contribution in [0.2, 0.25) is 0 Å². The zero-order chi connectivity index (χ0) is 19.2. The molecule has 0 bridgehead atoms. The van der Waals surface area contributed by atoms with Crippen molar-refractivity contribution in [2.75, 3.05) is 18.9 Å². The Morgan fingerprint density at radius 3 is 2.59 bits per heavy atom. The lowest BCUT2D eigenvalue weighted by Crippen LogP contribution is -2.35. The van der Waals surface area contributed by atoms with Gasteiger partial charge in [0.25, 0.3) is 5.91 Å². The first-order chi connectivity index (χ1) is 13.1. The third-order valence-corrected chi connectivity index (χ3v) is 4.13. The van der Waals surface area contributed by atoms with Gasteiger partial charge in [-0.2, -0.15) is 4.68 Å². The predicted molar refractivity (Wildman–Crippen MR) is 101 cm³/mol. The smallest absolute Gasteiger partial charge is 0.256 e. The zero-order valence-electron chi connectivity index (χ0n) is 15.2. The molecule has 138 valence electrons. The van der Waals surface area contributed by atoms with Crippen molar-refractivity contribution in [2.24, 2.45) is 0 Å². The van der Waals surface area contributed by atoms with Crippen LogP contribution in [0.3, 0.4) is 0 Å². The number of benzene rings is 2. The number of aryl methyl sites for hydroxylation is 1. The van der Waals surface area contributed by atoms with Crippen molar-refractivity contribution in [1.29, 1.82) is 0 Å². The van der Waals surface area contributed by atoms with E-state index in [1.807, 2.05) is 31.2 Å². The number of para-hydroxylation sites is 2. The third kappa shape index (κ3) is 4.17. The first-order valence-corrected chi connectivity index (χ1v) is 8.55. The van der Waals surface area contributed by atoms with Crippen molar-refractivity contribution in [3.8, 4) is 5.69 Å². The highest BCUT2D eigenvalue weighted by Crippen LogP contribution is 2.17. The van der Waals surface area contributed by atoms with Crippen LogP contribution in [-0.2, 0) is 11.2 Å². The Labute approximate surface area is 156 Å². The molecule has 1 aromatic heterocycles. The Hall–Kier alpha value is -3.55. The molecule has 0 aliphatic carbocycles. The van der Waals surface area contributed by atoms with Gasteiger partial charge in [-0.3, -0.25) is 9.59 Å². The predicted octanol–water partition coefficient (Wildman–Crippen LogP) is 1.94. The SMILES string of the molecule is CCc1ccccc1NC(=O)CN(C)C(=O)c1ccccc1-n1cnnn1. The standard InChI is InChI=1S/C19H20N6O2/c1-3-14-8-4-6-10-16(14)21-18(26)12-24(2)19(27)15-9-5-7-11-17(15)25-13-20-22-23-25/h4-11,13H,3,12H2,1-2H3,(H,21,26). The van der Waals surface area contributed by atoms with E-state index in [1.54, 1.807) is 31.3 Å². The second-order valence-electron chi connectivity index (χ2n) is 5.99. The summed E-state index contributed by atoms with van der Waals surface area (Å²) in [7, 11) is 1.59. The van der Waals surface area contributed by atoms with Crippen LogP contribution in [0, 0.1) is 0 Å². The number of tetrazole rings is 1. The van der Waals surface area contributed by atoms with E-state index in [4.69, 9.17) is 0 Å². The van der Waals surface area contributed by atoms with Crippen LogP contribution in [0.15, 0.2) is 54.9 Å². The van der Waals surface area contributed by atoms with Gasteiger partial charge < -0.3 is 10.2 Å². The third-order valence-electron chi connectivity index (χ3n) is 4.13. The summed E-state index contributed by atoms with van der Waals surface area (Å²) in [4.78, 5) is 26.6. The molecule has 3 aromatic rings. The lowest BCUT2D eigenvalue weighted by atomic mass is 10.1. The van der Waals surface area contributed by atoms with E-state index in [9.17, 15) is 9.59 Å². The summed E-state index contributed by atoms with van der Waals surface area (Å²) in [6.07, 6.45) is 2.23. The van der Waals surface area contributed by atoms with E-state index in [1.165, 1.54) is 15.9 Å². The summed E-state index contributed by atoms with van der Waals surface area (Å²) in [5, 5.41) is 13.9. The number of carbonyl (C=O) groups excluding carboxylic acids is 2. The van der Waals surface area contributed by atoms with Crippen molar-refractivity contribution in [1.82, 2.24) is 25.1 Å². The Bertz CT molecular complexity index is 939. The quantitative estimate of drug-likeness (QED) is 0.721. The summed E-state index contributed by atoms with van der Waals surface area (Å²) >= 11 is 0. The molecule has 2 amide bonds. The van der Waals surface area contributed by atoms with E-state index in [2.05, 4.69) is 20.8 Å². The average Bonchev–Trinajstić information content (AvgIpc) is 3.22. The van der Waals surface area contributed by atoms with Gasteiger partial charge >= 0.3 is 0 Å². The van der Waals surface area contributed by atoms with Gasteiger partial charge in [-0.15, -0.1) is 5.10 Å². The number of nitrogens with zero attached hydrogens (tertiary/aromatic N) is 5. The molecule has 0 aliphatic rings. The molecule has 0 spiro atoms. The van der Waals surface area contributed by atoms with Crippen LogP contribution in [0.5, 0.6) is 0 Å². The van der Waals surface area contributed by atoms with Gasteiger partial charge in [0, 0.05) is 12.7 Å². The fourth-order valence-corrected chi connectivity index (χ4v) is 2.76. The van der Waals surface area contributed by atoms with E-state index >= 15 is 0 Å². The van der Waals surface area contributed by atoms with Gasteiger partial charge in [0.2, 0.25) is 5.91 Å². The molecule has 27 heavy (non-hydrogen) atoms. The zero-order valence-corrected chi connectivity index (χ0v) is 15.2. The molecular weight excluding hydrogens is 344 g/mol. The molecule has 0 atom stereocenters. The van der Waals surface area contributed by atoms with E-state index < -0.39 is 0 Å². The fourth-order valence-electron chi connectivity index (χ4n) is 2.76. The van der Waals surface area contributed by atoms with Crippen LogP contribution >= 0.6 is 0 Å². The van der Waals surface area contributed by atoms with Crippen LogP contribution < -0.4 is 5.32 Å². The number of amides is 2. The molecule has 1 N–H and O–H groups in total. The highest BCUT2D eigenvalue weighted by Gasteiger charge is 2.19. The lowest BCUT2D eigenvalue weighted by molar-refractivity contribution is -0.116. The van der Waals surface area contributed by atoms with Gasteiger partial charge in [-0.25, -0.2) is 0 Å². The van der Waals surface area contributed by atoms with Gasteiger partial charge in [0.15, 0.2) is 0 Å². The summed E-state index contributed by atoms with van der Waals surface area (Å²) in [6.45, 7) is 1.96. The van der Waals surface area contributed by atoms with Crippen LogP contribution in [-0.4, -0.2) is 50.5 Å². The van der Waals surface area contributed by atoms with Crippen molar-refractivity contribution < 1.29 is 9.59 Å². The second kappa shape index (κ2) is 8.22. The number of carbonyl (C=O) groups is 2. The van der Waals surface area contributed by atoms with Gasteiger partial charge in [0.05, 0.1) is 17.8 Å². The first kappa shape index (κ1) is 18.2. The molecule has 3 rings (SSSR count). The molecule has 0 radical (unpaired) electrons. The number of likely N-dealkylation sites (N-methyl/N-ethyl adjacent to an activating group) is 1. The molecule has 0 saturated carbocycles. The normalized spacial score (nSPS) is 10.4. The lowest BCUT2D eigenvalue weighted by Gasteiger charge is -2.19. The van der Waals surface area contributed by atoms with Crippen molar-refractivity contribution >= 4 is 17.5 Å². The van der Waals surface area contributed by atoms with Crippen LogP contribution in [0.25, 0.3) is 5.69 Å². The number of rotatable bonds is 6. The van der Waals surface area contributed by atoms with Crippen molar-refractivity contribution in [3.05, 3.63) is 66.0 Å². The molecule has 2 aromatic carbocycles. The molecule has 8 nitrogen and oxygen atoms in total. The van der Waals surface area contributed by atoms with E-state index in [0.717, 1.165) is 17.7 Å². The molecule has 0 aliphatic heterocycles. The van der Waals surface area contributed by atoms with Gasteiger partial charge in [-0.1, -0.05) is 37.3 Å². The van der Waals surface area contributed by atoms with Gasteiger partial charge in [0.1, 0.15) is 6.33 Å². The topological polar surface area (TPSA) is 93.0 Å². The Balaban J connectivity index is 1.72. The summed E-state index contributed by atoms with van der Waals surface area (Å²) in [5.41, 5.74) is 2.77. The van der Waals surface area contributed by atoms with Crippen molar-refractivity contribution in [3.63, 3.8) is 0 Å². The Morgan fingerprint density at radius 1 is 1.11 bits per heavy atom. The van der Waals surface area contributed by atoms with Crippen molar-refractivity contribution in [2.45, 2.75) is 13.3 Å². The highest BCUT2D eigenvalue weighted by molar-refractivity contribution is 6.01. The molecule has 1 heterocycles. The monoisotopic (exact) mass is 364 g/mol. The Kier molecular flexibility index (Phi) is 5.55. The van der Waals surface area contributed by atoms with Crippen LogP contribution in [0.1, 0.15) is 22.8 Å². The summed E-state index contributed by atoms with van der Waals surface area (Å²) < 4.78 is 1.42. The largest absolute Gasteiger partial charge is 0.332 e. The maximum atomic E-state index is 12.8. The van der Waals surface area contributed by atoms with Gasteiger partial charge in [-0.05, 0) is 40.6 Å². The van der Waals surface area contributed by atoms with Crippen LogP contribution in [0.4, 0.5) is 5.69 Å². The Morgan fingerprint density at radius 2 is 1.85 bits per heavy atom. The second-order valence-corrected chi connectivity index (χ2v) is 5.99. The molecule has 8 heteroatoms.